The Bertz CT molecular complexity index is 1180. The minimum absolute atomic E-state index is 0.0375. The third-order valence-electron chi connectivity index (χ3n) is 10.2. The highest BCUT2D eigenvalue weighted by Gasteiger charge is 2.26. The van der Waals surface area contributed by atoms with Gasteiger partial charge in [-0.15, -0.1) is 0 Å². The van der Waals surface area contributed by atoms with E-state index in [1.54, 1.807) is 0 Å². The summed E-state index contributed by atoms with van der Waals surface area (Å²) in [5, 5.41) is 18.4. The van der Waals surface area contributed by atoms with Gasteiger partial charge in [0.25, 0.3) is 0 Å². The normalized spacial score (nSPS) is 14.5. The Hall–Kier alpha value is -2.10. The molecule has 0 fully saturated rings. The topological polar surface area (TPSA) is 132 Å². The zero-order valence-electron chi connectivity index (χ0n) is 38.9. The van der Waals surface area contributed by atoms with E-state index in [0.29, 0.717) is 13.0 Å². The van der Waals surface area contributed by atoms with Crippen molar-refractivity contribution < 1.29 is 43.0 Å². The highest BCUT2D eigenvalue weighted by Crippen LogP contribution is 2.43. The van der Waals surface area contributed by atoms with Crippen LogP contribution in [0.5, 0.6) is 0 Å². The molecule has 0 radical (unpaired) electrons. The van der Waals surface area contributed by atoms with Crippen LogP contribution in [0.1, 0.15) is 200 Å². The Morgan fingerprint density at radius 2 is 0.934 bits per heavy atom. The molecule has 0 aromatic carbocycles. The van der Waals surface area contributed by atoms with Gasteiger partial charge in [-0.25, -0.2) is 4.57 Å². The number of rotatable bonds is 46. The van der Waals surface area contributed by atoms with Gasteiger partial charge in [-0.2, -0.15) is 0 Å². The van der Waals surface area contributed by atoms with Crippen molar-refractivity contribution in [1.82, 2.24) is 0 Å². The maximum absolute atomic E-state index is 12.7. The molecule has 61 heavy (non-hydrogen) atoms. The van der Waals surface area contributed by atoms with Crippen molar-refractivity contribution in [3.8, 4) is 0 Å². The smallest absolute Gasteiger partial charge is 0.457 e. The molecule has 3 N–H and O–H groups in total. The van der Waals surface area contributed by atoms with E-state index in [1.165, 1.54) is 89.9 Å². The lowest BCUT2D eigenvalue weighted by atomic mass is 10.0. The molecule has 0 aliphatic heterocycles. The van der Waals surface area contributed by atoms with Crippen LogP contribution in [-0.4, -0.2) is 66.3 Å². The molecule has 0 aromatic rings. The summed E-state index contributed by atoms with van der Waals surface area (Å²) in [7, 11) is -4.53. The summed E-state index contributed by atoms with van der Waals surface area (Å²) in [6.45, 7) is 3.39. The molecule has 0 saturated heterocycles. The van der Waals surface area contributed by atoms with Crippen LogP contribution in [0.15, 0.2) is 72.9 Å². The average Bonchev–Trinajstić information content (AvgIpc) is 3.25. The van der Waals surface area contributed by atoms with E-state index in [1.807, 2.05) is 0 Å². The lowest BCUT2D eigenvalue weighted by Gasteiger charge is -2.20. The van der Waals surface area contributed by atoms with Crippen LogP contribution in [0.4, 0.5) is 0 Å². The monoisotopic (exact) mass is 879 g/mol. The average molecular weight is 879 g/mol. The van der Waals surface area contributed by atoms with Crippen molar-refractivity contribution in [2.24, 2.45) is 0 Å². The highest BCUT2D eigenvalue weighted by atomic mass is 31.2. The molecule has 0 aromatic heterocycles. The number of hydrogen-bond acceptors (Lipinski definition) is 8. The van der Waals surface area contributed by atoms with Crippen molar-refractivity contribution in [2.45, 2.75) is 212 Å². The predicted octanol–water partition coefficient (Wildman–Crippen LogP) is 14.1. The van der Waals surface area contributed by atoms with Crippen LogP contribution in [0.25, 0.3) is 0 Å². The number of carbonyl (C=O) groups excluding carboxylic acids is 1. The van der Waals surface area contributed by atoms with Crippen molar-refractivity contribution in [3.05, 3.63) is 72.9 Å². The van der Waals surface area contributed by atoms with E-state index in [4.69, 9.17) is 23.6 Å². The Kier molecular flexibility index (Phi) is 45.7. The third kappa shape index (κ3) is 47.2. The van der Waals surface area contributed by atoms with Crippen LogP contribution >= 0.6 is 7.82 Å². The molecule has 0 bridgehead atoms. The SMILES string of the molecule is CC/C=C\C/C=C\C/C=C\C/C=C\C/C=C\C/C=C\CCCCCCC(=O)OC(COCCCCCCCCCCCCCCCCCCC)COP(=O)(O)OCC(O)CO. The van der Waals surface area contributed by atoms with Gasteiger partial charge in [-0.3, -0.25) is 13.8 Å². The largest absolute Gasteiger partial charge is 0.472 e. The van der Waals surface area contributed by atoms with Crippen molar-refractivity contribution in [1.29, 1.82) is 0 Å². The molecule has 0 spiro atoms. The second-order valence-electron chi connectivity index (χ2n) is 16.1. The number of phosphoric ester groups is 1. The standard InChI is InChI=1S/C51H91O9P/c1-3-5-7-9-11-13-15-17-19-21-22-23-24-25-26-27-29-31-33-35-37-39-41-43-51(54)60-50(48-59-61(55,56)58-46-49(53)45-52)47-57-44-42-40-38-36-34-32-30-28-20-18-16-14-12-10-8-6-4-2/h5,7,11,13,17,19,22-23,25-26,29,31,49-50,52-53H,3-4,6,8-10,12,14-16,18,20-21,24,27-28,30,32-48H2,1-2H3,(H,55,56)/b7-5-,13-11-,19-17-,23-22-,26-25-,31-29-. The van der Waals surface area contributed by atoms with E-state index in [-0.39, 0.29) is 19.6 Å². The quantitative estimate of drug-likeness (QED) is 0.0237. The number of ether oxygens (including phenoxy) is 2. The molecule has 3 unspecified atom stereocenters. The molecule has 0 heterocycles. The summed E-state index contributed by atoms with van der Waals surface area (Å²) in [5.74, 6) is -0.406. The first-order valence-corrected chi connectivity index (χ1v) is 25.9. The Labute approximate surface area is 373 Å². The fraction of sp³-hybridized carbons (Fsp3) is 0.745. The van der Waals surface area contributed by atoms with E-state index in [9.17, 15) is 19.4 Å². The van der Waals surface area contributed by atoms with E-state index in [2.05, 4.69) is 86.8 Å². The van der Waals surface area contributed by atoms with Crippen LogP contribution in [0.3, 0.4) is 0 Å². The fourth-order valence-electron chi connectivity index (χ4n) is 6.48. The molecule has 3 atom stereocenters. The fourth-order valence-corrected chi connectivity index (χ4v) is 7.27. The van der Waals surface area contributed by atoms with E-state index >= 15 is 0 Å². The van der Waals surface area contributed by atoms with Gasteiger partial charge in [0.15, 0.2) is 0 Å². The number of hydrogen-bond donors (Lipinski definition) is 3. The molecular formula is C51H91O9P. The van der Waals surface area contributed by atoms with Gasteiger partial charge in [-0.1, -0.05) is 202 Å². The second kappa shape index (κ2) is 47.4. The number of unbranched alkanes of at least 4 members (excludes halogenated alkanes) is 20. The van der Waals surface area contributed by atoms with Gasteiger partial charge in [0.2, 0.25) is 0 Å². The van der Waals surface area contributed by atoms with Gasteiger partial charge >= 0.3 is 13.8 Å². The van der Waals surface area contributed by atoms with Gasteiger partial charge in [0.05, 0.1) is 26.4 Å². The molecule has 10 heteroatoms. The maximum atomic E-state index is 12.7. The van der Waals surface area contributed by atoms with Crippen LogP contribution < -0.4 is 0 Å². The maximum Gasteiger partial charge on any atom is 0.472 e. The summed E-state index contributed by atoms with van der Waals surface area (Å²) < 4.78 is 33.5. The van der Waals surface area contributed by atoms with Crippen LogP contribution in [0, 0.1) is 0 Å². The number of phosphoric acid groups is 1. The van der Waals surface area contributed by atoms with Crippen molar-refractivity contribution in [3.63, 3.8) is 0 Å². The number of carbonyl (C=O) groups is 1. The first-order valence-electron chi connectivity index (χ1n) is 24.4. The molecule has 0 aliphatic rings. The zero-order valence-corrected chi connectivity index (χ0v) is 39.8. The Morgan fingerprint density at radius 1 is 0.525 bits per heavy atom. The molecule has 0 rings (SSSR count). The van der Waals surface area contributed by atoms with Gasteiger partial charge in [0.1, 0.15) is 12.2 Å². The number of allylic oxidation sites excluding steroid dienone is 12. The van der Waals surface area contributed by atoms with Gasteiger partial charge in [-0.05, 0) is 64.2 Å². The Balaban J connectivity index is 4.18. The second-order valence-corrected chi connectivity index (χ2v) is 17.6. The molecule has 354 valence electrons. The Morgan fingerprint density at radius 3 is 1.41 bits per heavy atom. The summed E-state index contributed by atoms with van der Waals surface area (Å²) in [6.07, 6.45) is 57.2. The number of aliphatic hydroxyl groups is 2. The van der Waals surface area contributed by atoms with E-state index < -0.39 is 39.2 Å². The first-order chi connectivity index (χ1) is 29.8. The van der Waals surface area contributed by atoms with Crippen LogP contribution in [0.2, 0.25) is 0 Å². The lowest BCUT2D eigenvalue weighted by molar-refractivity contribution is -0.154. The lowest BCUT2D eigenvalue weighted by Crippen LogP contribution is -2.29. The number of aliphatic hydroxyl groups excluding tert-OH is 2. The molecular weight excluding hydrogens is 788 g/mol. The van der Waals surface area contributed by atoms with Gasteiger partial charge < -0.3 is 24.6 Å². The van der Waals surface area contributed by atoms with Crippen LogP contribution in [-0.2, 0) is 27.9 Å². The van der Waals surface area contributed by atoms with Crippen molar-refractivity contribution >= 4 is 13.8 Å². The highest BCUT2D eigenvalue weighted by molar-refractivity contribution is 7.47. The van der Waals surface area contributed by atoms with Crippen molar-refractivity contribution in [2.75, 3.05) is 33.0 Å². The predicted molar refractivity (Wildman–Crippen MR) is 256 cm³/mol. The molecule has 9 nitrogen and oxygen atoms in total. The minimum Gasteiger partial charge on any atom is -0.457 e. The first kappa shape index (κ1) is 58.9. The van der Waals surface area contributed by atoms with Gasteiger partial charge in [0, 0.05) is 13.0 Å². The molecule has 0 amide bonds. The summed E-state index contributed by atoms with van der Waals surface area (Å²) in [4.78, 5) is 22.7. The van der Waals surface area contributed by atoms with E-state index in [0.717, 1.165) is 83.5 Å². The summed E-state index contributed by atoms with van der Waals surface area (Å²) >= 11 is 0. The number of esters is 1. The molecule has 0 aliphatic carbocycles. The minimum atomic E-state index is -4.53. The molecule has 0 saturated carbocycles. The summed E-state index contributed by atoms with van der Waals surface area (Å²) in [5.41, 5.74) is 0. The summed E-state index contributed by atoms with van der Waals surface area (Å²) in [6, 6.07) is 0. The zero-order chi connectivity index (χ0) is 44.6. The third-order valence-corrected chi connectivity index (χ3v) is 11.1.